The second-order valence-electron chi connectivity index (χ2n) is 5.79. The first-order chi connectivity index (χ1) is 11.5. The van der Waals surface area contributed by atoms with Crippen LogP contribution in [-0.4, -0.2) is 64.6 Å². The lowest BCUT2D eigenvalue weighted by Gasteiger charge is -2.38. The maximum absolute atomic E-state index is 12.2. The zero-order valence-electron chi connectivity index (χ0n) is 13.8. The molecule has 1 aromatic rings. The van der Waals surface area contributed by atoms with E-state index in [1.807, 2.05) is 6.92 Å². The van der Waals surface area contributed by atoms with Crippen molar-refractivity contribution >= 4 is 17.7 Å². The molecule has 1 heterocycles. The maximum Gasteiger partial charge on any atom is 0.270 e. The first-order valence-corrected chi connectivity index (χ1v) is 8.11. The summed E-state index contributed by atoms with van der Waals surface area (Å²) in [6.07, 6.45) is 3.94. The van der Waals surface area contributed by atoms with Gasteiger partial charge >= 0.3 is 0 Å². The Morgan fingerprint density at radius 2 is 2.08 bits per heavy atom. The highest BCUT2D eigenvalue weighted by molar-refractivity contribution is 5.91. The summed E-state index contributed by atoms with van der Waals surface area (Å²) in [4.78, 5) is 26.5. The molecule has 1 aliphatic heterocycles. The van der Waals surface area contributed by atoms with Crippen molar-refractivity contribution in [1.82, 2.24) is 9.80 Å². The maximum atomic E-state index is 12.2. The minimum Gasteiger partial charge on any atom is -0.395 e. The van der Waals surface area contributed by atoms with Crippen molar-refractivity contribution in [3.8, 4) is 0 Å². The molecule has 1 amide bonds. The van der Waals surface area contributed by atoms with Crippen LogP contribution in [0.1, 0.15) is 18.9 Å². The fourth-order valence-electron chi connectivity index (χ4n) is 2.83. The van der Waals surface area contributed by atoms with Crippen LogP contribution in [0.4, 0.5) is 5.69 Å². The van der Waals surface area contributed by atoms with Crippen LogP contribution in [0.2, 0.25) is 0 Å². The number of aliphatic hydroxyl groups excluding tert-OH is 1. The van der Waals surface area contributed by atoms with Crippen molar-refractivity contribution in [3.63, 3.8) is 0 Å². The molecule has 0 aliphatic carbocycles. The molecular weight excluding hydrogens is 310 g/mol. The lowest BCUT2D eigenvalue weighted by atomic mass is 10.1. The molecule has 1 aromatic carbocycles. The summed E-state index contributed by atoms with van der Waals surface area (Å²) in [5.41, 5.74) is 0.635. The topological polar surface area (TPSA) is 86.9 Å². The highest BCUT2D eigenvalue weighted by atomic mass is 16.6. The van der Waals surface area contributed by atoms with Gasteiger partial charge in [0.25, 0.3) is 5.69 Å². The van der Waals surface area contributed by atoms with E-state index in [1.54, 1.807) is 23.1 Å². The Hall–Kier alpha value is -2.25. The van der Waals surface area contributed by atoms with E-state index in [4.69, 9.17) is 0 Å². The molecule has 1 unspecified atom stereocenters. The Morgan fingerprint density at radius 1 is 1.38 bits per heavy atom. The van der Waals surface area contributed by atoms with Crippen molar-refractivity contribution in [3.05, 3.63) is 46.0 Å². The molecule has 7 nitrogen and oxygen atoms in total. The molecule has 1 aliphatic rings. The van der Waals surface area contributed by atoms with Gasteiger partial charge in [0.05, 0.1) is 11.5 Å². The van der Waals surface area contributed by atoms with Gasteiger partial charge in [-0.1, -0.05) is 19.1 Å². The van der Waals surface area contributed by atoms with Crippen molar-refractivity contribution in [2.45, 2.75) is 19.4 Å². The fourth-order valence-corrected chi connectivity index (χ4v) is 2.83. The first kappa shape index (κ1) is 18.1. The molecule has 130 valence electrons. The van der Waals surface area contributed by atoms with Gasteiger partial charge in [-0.25, -0.2) is 0 Å². The van der Waals surface area contributed by atoms with Crippen LogP contribution in [-0.2, 0) is 4.79 Å². The number of hydrogen-bond acceptors (Lipinski definition) is 5. The van der Waals surface area contributed by atoms with Gasteiger partial charge in [0.2, 0.25) is 5.91 Å². The number of rotatable bonds is 6. The molecule has 0 saturated carbocycles. The number of piperazine rings is 1. The molecule has 0 bridgehead atoms. The van der Waals surface area contributed by atoms with E-state index in [2.05, 4.69) is 4.90 Å². The third-order valence-corrected chi connectivity index (χ3v) is 4.32. The van der Waals surface area contributed by atoms with Crippen LogP contribution < -0.4 is 0 Å². The minimum absolute atomic E-state index is 0.00724. The Labute approximate surface area is 141 Å². The number of benzene rings is 1. The van der Waals surface area contributed by atoms with E-state index < -0.39 is 4.92 Å². The standard InChI is InChI=1S/C17H23N3O4/c1-2-15(13-21)18-8-10-19(11-9-18)17(22)7-6-14-4-3-5-16(12-14)20(23)24/h3-7,12,15,21H,2,8-11,13H2,1H3/b7-6+. The second kappa shape index (κ2) is 8.56. The third kappa shape index (κ3) is 4.62. The normalized spacial score (nSPS) is 17.2. The van der Waals surface area contributed by atoms with E-state index in [-0.39, 0.29) is 24.2 Å². The number of non-ortho nitro benzene ring substituents is 1. The average Bonchev–Trinajstić information content (AvgIpc) is 2.61. The molecular formula is C17H23N3O4. The molecule has 0 spiro atoms. The van der Waals surface area contributed by atoms with Gasteiger partial charge in [-0.15, -0.1) is 0 Å². The SMILES string of the molecule is CCC(CO)N1CCN(C(=O)/C=C/c2cccc([N+](=O)[O-])c2)CC1. The predicted octanol–water partition coefficient (Wildman–Crippen LogP) is 1.52. The van der Waals surface area contributed by atoms with Crippen LogP contribution in [0.25, 0.3) is 6.08 Å². The molecule has 0 aromatic heterocycles. The first-order valence-electron chi connectivity index (χ1n) is 8.11. The highest BCUT2D eigenvalue weighted by Crippen LogP contribution is 2.15. The monoisotopic (exact) mass is 333 g/mol. The summed E-state index contributed by atoms with van der Waals surface area (Å²) in [7, 11) is 0. The summed E-state index contributed by atoms with van der Waals surface area (Å²) >= 11 is 0. The second-order valence-corrected chi connectivity index (χ2v) is 5.79. The van der Waals surface area contributed by atoms with Crippen LogP contribution in [0.3, 0.4) is 0 Å². The number of nitro groups is 1. The summed E-state index contributed by atoms with van der Waals surface area (Å²) in [5.74, 6) is -0.0989. The zero-order valence-corrected chi connectivity index (χ0v) is 13.8. The van der Waals surface area contributed by atoms with Gasteiger partial charge in [0.15, 0.2) is 0 Å². The molecule has 7 heteroatoms. The number of hydrogen-bond donors (Lipinski definition) is 1. The molecule has 1 N–H and O–H groups in total. The largest absolute Gasteiger partial charge is 0.395 e. The van der Waals surface area contributed by atoms with Crippen LogP contribution in [0.5, 0.6) is 0 Å². The van der Waals surface area contributed by atoms with Crippen LogP contribution >= 0.6 is 0 Å². The Bertz CT molecular complexity index is 606. The summed E-state index contributed by atoms with van der Waals surface area (Å²) in [6.45, 7) is 4.91. The van der Waals surface area contributed by atoms with Gasteiger partial charge < -0.3 is 10.0 Å². The van der Waals surface area contributed by atoms with Crippen molar-refractivity contribution in [2.24, 2.45) is 0 Å². The number of amides is 1. The van der Waals surface area contributed by atoms with Gasteiger partial charge in [-0.3, -0.25) is 19.8 Å². The van der Waals surface area contributed by atoms with Gasteiger partial charge in [-0.2, -0.15) is 0 Å². The average molecular weight is 333 g/mol. The Balaban J connectivity index is 1.92. The van der Waals surface area contributed by atoms with Crippen molar-refractivity contribution in [2.75, 3.05) is 32.8 Å². The summed E-state index contributed by atoms with van der Waals surface area (Å²) in [6, 6.07) is 6.34. The number of carbonyl (C=O) groups excluding carboxylic acids is 1. The van der Waals surface area contributed by atoms with E-state index in [0.717, 1.165) is 19.5 Å². The van der Waals surface area contributed by atoms with Crippen molar-refractivity contribution in [1.29, 1.82) is 0 Å². The lowest BCUT2D eigenvalue weighted by molar-refractivity contribution is -0.384. The molecule has 1 atom stereocenters. The molecule has 0 radical (unpaired) electrons. The smallest absolute Gasteiger partial charge is 0.270 e. The van der Waals surface area contributed by atoms with E-state index >= 15 is 0 Å². The molecule has 1 fully saturated rings. The van der Waals surface area contributed by atoms with Crippen molar-refractivity contribution < 1.29 is 14.8 Å². The fraction of sp³-hybridized carbons (Fsp3) is 0.471. The molecule has 24 heavy (non-hydrogen) atoms. The zero-order chi connectivity index (χ0) is 17.5. The highest BCUT2D eigenvalue weighted by Gasteiger charge is 2.23. The van der Waals surface area contributed by atoms with Gasteiger partial charge in [-0.05, 0) is 18.1 Å². The summed E-state index contributed by atoms with van der Waals surface area (Å²) in [5, 5.41) is 20.1. The van der Waals surface area contributed by atoms with Gasteiger partial charge in [0.1, 0.15) is 0 Å². The quantitative estimate of drug-likeness (QED) is 0.484. The molecule has 2 rings (SSSR count). The van der Waals surface area contributed by atoms with E-state index in [9.17, 15) is 20.0 Å². The number of nitrogens with zero attached hydrogens (tertiary/aromatic N) is 3. The third-order valence-electron chi connectivity index (χ3n) is 4.32. The van der Waals surface area contributed by atoms with E-state index in [0.29, 0.717) is 18.7 Å². The van der Waals surface area contributed by atoms with E-state index in [1.165, 1.54) is 18.2 Å². The lowest BCUT2D eigenvalue weighted by Crippen LogP contribution is -2.52. The van der Waals surface area contributed by atoms with Crippen LogP contribution in [0.15, 0.2) is 30.3 Å². The number of nitro benzene ring substituents is 1. The number of aliphatic hydroxyl groups is 1. The Morgan fingerprint density at radius 3 is 2.67 bits per heavy atom. The van der Waals surface area contributed by atoms with Gasteiger partial charge in [0, 0.05) is 50.4 Å². The summed E-state index contributed by atoms with van der Waals surface area (Å²) < 4.78 is 0. The number of carbonyl (C=O) groups is 1. The predicted molar refractivity (Wildman–Crippen MR) is 91.4 cm³/mol. The Kier molecular flexibility index (Phi) is 6.45. The van der Waals surface area contributed by atoms with Crippen LogP contribution in [0, 0.1) is 10.1 Å². The molecule has 1 saturated heterocycles. The minimum atomic E-state index is -0.455.